The molecule has 1 aliphatic rings. The summed E-state index contributed by atoms with van der Waals surface area (Å²) in [4.78, 5) is 18.3. The molecule has 0 saturated carbocycles. The maximum absolute atomic E-state index is 12.2. The van der Waals surface area contributed by atoms with Crippen molar-refractivity contribution in [3.63, 3.8) is 0 Å². The van der Waals surface area contributed by atoms with E-state index in [1.54, 1.807) is 6.92 Å². The fourth-order valence-electron chi connectivity index (χ4n) is 2.69. The molecular weight excluding hydrogens is 254 g/mol. The number of benzene rings is 1. The number of anilines is 1. The summed E-state index contributed by atoms with van der Waals surface area (Å²) in [6.07, 6.45) is 0.426. The van der Waals surface area contributed by atoms with E-state index in [9.17, 15) is 4.79 Å². The molecule has 1 aliphatic heterocycles. The van der Waals surface area contributed by atoms with Gasteiger partial charge in [-0.15, -0.1) is 0 Å². The zero-order chi connectivity index (χ0) is 14.3. The van der Waals surface area contributed by atoms with Crippen molar-refractivity contribution in [2.24, 2.45) is 0 Å². The fourth-order valence-corrected chi connectivity index (χ4v) is 2.69. The van der Waals surface area contributed by atoms with Gasteiger partial charge in [0.1, 0.15) is 0 Å². The lowest BCUT2D eigenvalue weighted by atomic mass is 10.1. The van der Waals surface area contributed by atoms with E-state index >= 15 is 0 Å². The van der Waals surface area contributed by atoms with Gasteiger partial charge in [-0.25, -0.2) is 0 Å². The second-order valence-corrected chi connectivity index (χ2v) is 5.38. The zero-order valence-corrected chi connectivity index (χ0v) is 11.9. The molecule has 1 fully saturated rings. The zero-order valence-electron chi connectivity index (χ0n) is 11.9. The predicted molar refractivity (Wildman–Crippen MR) is 74.7 cm³/mol. The van der Waals surface area contributed by atoms with Gasteiger partial charge in [-0.3, -0.25) is 4.79 Å². The van der Waals surface area contributed by atoms with Gasteiger partial charge >= 0.3 is 0 Å². The van der Waals surface area contributed by atoms with Gasteiger partial charge in [0.2, 0.25) is 11.8 Å². The summed E-state index contributed by atoms with van der Waals surface area (Å²) in [6, 6.07) is 6.12. The third kappa shape index (κ3) is 2.19. The van der Waals surface area contributed by atoms with Gasteiger partial charge in [0.05, 0.1) is 5.92 Å². The van der Waals surface area contributed by atoms with Crippen LogP contribution in [-0.4, -0.2) is 22.6 Å². The lowest BCUT2D eigenvalue weighted by molar-refractivity contribution is -0.117. The molecule has 0 bridgehead atoms. The van der Waals surface area contributed by atoms with Crippen molar-refractivity contribution < 1.29 is 9.32 Å². The van der Waals surface area contributed by atoms with Crippen molar-refractivity contribution in [3.8, 4) is 0 Å². The Hall–Kier alpha value is -2.17. The van der Waals surface area contributed by atoms with E-state index in [1.165, 1.54) is 5.56 Å². The minimum absolute atomic E-state index is 0.00981. The largest absolute Gasteiger partial charge is 0.339 e. The number of amides is 1. The van der Waals surface area contributed by atoms with E-state index in [4.69, 9.17) is 4.52 Å². The molecule has 104 valence electrons. The van der Waals surface area contributed by atoms with E-state index in [0.717, 1.165) is 11.3 Å². The van der Waals surface area contributed by atoms with Crippen molar-refractivity contribution in [2.45, 2.75) is 33.1 Å². The Balaban J connectivity index is 1.87. The number of rotatable bonds is 2. The van der Waals surface area contributed by atoms with Crippen molar-refractivity contribution >= 4 is 11.6 Å². The molecule has 2 heterocycles. The Kier molecular flexibility index (Phi) is 3.04. The Morgan fingerprint density at radius 1 is 1.30 bits per heavy atom. The Morgan fingerprint density at radius 3 is 2.75 bits per heavy atom. The highest BCUT2D eigenvalue weighted by molar-refractivity contribution is 5.97. The van der Waals surface area contributed by atoms with Crippen LogP contribution in [0, 0.1) is 20.8 Å². The molecule has 1 aromatic heterocycles. The standard InChI is InChI=1S/C15H17N3O2/c1-9-4-5-13(10(2)6-9)18-8-12(7-14(18)19)15-16-11(3)17-20-15/h4-6,12H,7-8H2,1-3H3/t12-/m1/s1. The maximum Gasteiger partial charge on any atom is 0.232 e. The summed E-state index contributed by atoms with van der Waals surface area (Å²) in [5.74, 6) is 1.27. The third-order valence-electron chi connectivity index (χ3n) is 3.66. The highest BCUT2D eigenvalue weighted by Gasteiger charge is 2.35. The molecule has 0 aliphatic carbocycles. The number of carbonyl (C=O) groups excluding carboxylic acids is 1. The molecule has 5 nitrogen and oxygen atoms in total. The van der Waals surface area contributed by atoms with Crippen LogP contribution in [0.15, 0.2) is 22.7 Å². The number of hydrogen-bond acceptors (Lipinski definition) is 4. The average Bonchev–Trinajstić information content (AvgIpc) is 2.96. The Labute approximate surface area is 117 Å². The fraction of sp³-hybridized carbons (Fsp3) is 0.400. The highest BCUT2D eigenvalue weighted by Crippen LogP contribution is 2.32. The summed E-state index contributed by atoms with van der Waals surface area (Å²) >= 11 is 0. The molecule has 1 saturated heterocycles. The van der Waals surface area contributed by atoms with Crippen LogP contribution in [0.5, 0.6) is 0 Å². The topological polar surface area (TPSA) is 59.2 Å². The number of aryl methyl sites for hydroxylation is 3. The van der Waals surface area contributed by atoms with Crippen LogP contribution in [0.1, 0.15) is 35.2 Å². The van der Waals surface area contributed by atoms with Crippen LogP contribution in [0.2, 0.25) is 0 Å². The van der Waals surface area contributed by atoms with Crippen molar-refractivity contribution in [2.75, 3.05) is 11.4 Å². The van der Waals surface area contributed by atoms with Crippen LogP contribution in [-0.2, 0) is 4.79 Å². The van der Waals surface area contributed by atoms with Crippen molar-refractivity contribution in [1.29, 1.82) is 0 Å². The molecule has 0 unspecified atom stereocenters. The van der Waals surface area contributed by atoms with Gasteiger partial charge in [0.25, 0.3) is 0 Å². The molecule has 3 rings (SSSR count). The van der Waals surface area contributed by atoms with E-state index in [2.05, 4.69) is 16.2 Å². The molecular formula is C15H17N3O2. The van der Waals surface area contributed by atoms with Crippen LogP contribution < -0.4 is 4.90 Å². The molecule has 1 atom stereocenters. The second kappa shape index (κ2) is 4.74. The lowest BCUT2D eigenvalue weighted by Crippen LogP contribution is -2.25. The number of aromatic nitrogens is 2. The minimum Gasteiger partial charge on any atom is -0.339 e. The van der Waals surface area contributed by atoms with Gasteiger partial charge in [0.15, 0.2) is 5.82 Å². The summed E-state index contributed by atoms with van der Waals surface area (Å²) in [6.45, 7) is 6.46. The number of nitrogens with zero attached hydrogens (tertiary/aromatic N) is 3. The van der Waals surface area contributed by atoms with Gasteiger partial charge in [0, 0.05) is 18.7 Å². The smallest absolute Gasteiger partial charge is 0.232 e. The van der Waals surface area contributed by atoms with Crippen LogP contribution in [0.4, 0.5) is 5.69 Å². The van der Waals surface area contributed by atoms with Crippen LogP contribution >= 0.6 is 0 Å². The molecule has 5 heteroatoms. The van der Waals surface area contributed by atoms with Crippen LogP contribution in [0.3, 0.4) is 0 Å². The first kappa shape index (κ1) is 12.8. The van der Waals surface area contributed by atoms with Crippen LogP contribution in [0.25, 0.3) is 0 Å². The van der Waals surface area contributed by atoms with E-state index in [1.807, 2.05) is 30.9 Å². The molecule has 0 radical (unpaired) electrons. The second-order valence-electron chi connectivity index (χ2n) is 5.38. The number of carbonyl (C=O) groups is 1. The van der Waals surface area contributed by atoms with E-state index < -0.39 is 0 Å². The summed E-state index contributed by atoms with van der Waals surface area (Å²) in [5, 5.41) is 3.80. The molecule has 20 heavy (non-hydrogen) atoms. The molecule has 2 aromatic rings. The first-order valence-corrected chi connectivity index (χ1v) is 6.72. The van der Waals surface area contributed by atoms with Crippen molar-refractivity contribution in [3.05, 3.63) is 41.0 Å². The maximum atomic E-state index is 12.2. The SMILES string of the molecule is Cc1ccc(N2C[C@H](c3nc(C)no3)CC2=O)c(C)c1. The van der Waals surface area contributed by atoms with E-state index in [0.29, 0.717) is 24.7 Å². The quantitative estimate of drug-likeness (QED) is 0.842. The summed E-state index contributed by atoms with van der Waals surface area (Å²) < 4.78 is 5.19. The number of hydrogen-bond donors (Lipinski definition) is 0. The Bertz CT molecular complexity index is 663. The lowest BCUT2D eigenvalue weighted by Gasteiger charge is -2.19. The molecule has 0 spiro atoms. The molecule has 0 N–H and O–H groups in total. The monoisotopic (exact) mass is 271 g/mol. The predicted octanol–water partition coefficient (Wildman–Crippen LogP) is 2.52. The Morgan fingerprint density at radius 2 is 2.10 bits per heavy atom. The minimum atomic E-state index is -0.00981. The average molecular weight is 271 g/mol. The summed E-state index contributed by atoms with van der Waals surface area (Å²) in [7, 11) is 0. The van der Waals surface area contributed by atoms with Gasteiger partial charge in [-0.1, -0.05) is 22.9 Å². The first-order valence-electron chi connectivity index (χ1n) is 6.72. The van der Waals surface area contributed by atoms with Gasteiger partial charge < -0.3 is 9.42 Å². The summed E-state index contributed by atoms with van der Waals surface area (Å²) in [5.41, 5.74) is 3.28. The highest BCUT2D eigenvalue weighted by atomic mass is 16.5. The van der Waals surface area contributed by atoms with Gasteiger partial charge in [-0.2, -0.15) is 4.98 Å². The van der Waals surface area contributed by atoms with Gasteiger partial charge in [-0.05, 0) is 32.4 Å². The van der Waals surface area contributed by atoms with Crippen molar-refractivity contribution in [1.82, 2.24) is 10.1 Å². The normalized spacial score (nSPS) is 18.9. The molecule has 1 amide bonds. The third-order valence-corrected chi connectivity index (χ3v) is 3.66. The first-order chi connectivity index (χ1) is 9.54. The van der Waals surface area contributed by atoms with E-state index in [-0.39, 0.29) is 11.8 Å². The molecule has 1 aromatic carbocycles.